The Kier molecular flexibility index (Phi) is 4.41. The lowest BCUT2D eigenvalue weighted by Gasteiger charge is -2.42. The molecule has 0 unspecified atom stereocenters. The molecule has 1 saturated heterocycles. The summed E-state index contributed by atoms with van der Waals surface area (Å²) in [7, 11) is 0.736. The van der Waals surface area contributed by atoms with Crippen LogP contribution in [-0.2, 0) is 4.74 Å². The van der Waals surface area contributed by atoms with Gasteiger partial charge in [0.2, 0.25) is 0 Å². The van der Waals surface area contributed by atoms with Gasteiger partial charge in [0.15, 0.2) is 0 Å². The highest BCUT2D eigenvalue weighted by atomic mass is 32.3. The fourth-order valence-electron chi connectivity index (χ4n) is 2.35. The van der Waals surface area contributed by atoms with E-state index in [1.165, 1.54) is 25.3 Å². The number of nitrogens with zero attached hydrogens (tertiary/aromatic N) is 2. The summed E-state index contributed by atoms with van der Waals surface area (Å²) in [5.41, 5.74) is 0.985. The summed E-state index contributed by atoms with van der Waals surface area (Å²) in [6.07, 6.45) is 4.58. The molecule has 1 aromatic carbocycles. The molecule has 0 aromatic heterocycles. The maximum absolute atomic E-state index is 11.9. The van der Waals surface area contributed by atoms with Crippen molar-refractivity contribution in [1.82, 2.24) is 0 Å². The van der Waals surface area contributed by atoms with Gasteiger partial charge in [-0.05, 0) is 30.1 Å². The first kappa shape index (κ1) is 15.6. The van der Waals surface area contributed by atoms with Crippen molar-refractivity contribution in [3.63, 3.8) is 0 Å². The third-order valence-corrected chi connectivity index (χ3v) is 6.34. The SMILES string of the molecule is COC(=O)c1ccc([N+](=O)[O-])cc1N1CCS(C)(C)CC1. The number of anilines is 1. The van der Waals surface area contributed by atoms with Gasteiger partial charge in [-0.25, -0.2) is 14.8 Å². The summed E-state index contributed by atoms with van der Waals surface area (Å²) < 4.78 is 4.78. The van der Waals surface area contributed by atoms with E-state index in [9.17, 15) is 14.9 Å². The minimum absolute atomic E-state index is 0.00478. The number of ether oxygens (including phenoxy) is 1. The van der Waals surface area contributed by atoms with Crippen LogP contribution in [0.1, 0.15) is 10.4 Å². The van der Waals surface area contributed by atoms with Crippen LogP contribution in [0.15, 0.2) is 18.2 Å². The molecule has 7 heteroatoms. The van der Waals surface area contributed by atoms with E-state index in [4.69, 9.17) is 4.74 Å². The Labute approximate surface area is 125 Å². The number of rotatable bonds is 3. The lowest BCUT2D eigenvalue weighted by atomic mass is 10.1. The van der Waals surface area contributed by atoms with Crippen LogP contribution in [0, 0.1) is 10.1 Å². The fourth-order valence-corrected chi connectivity index (χ4v) is 3.98. The Morgan fingerprint density at radius 1 is 1.33 bits per heavy atom. The molecular weight excluding hydrogens is 292 g/mol. The second-order valence-corrected chi connectivity index (χ2v) is 9.96. The first-order chi connectivity index (χ1) is 9.84. The Morgan fingerprint density at radius 2 is 1.95 bits per heavy atom. The molecule has 0 spiro atoms. The van der Waals surface area contributed by atoms with Crippen molar-refractivity contribution < 1.29 is 14.5 Å². The molecule has 21 heavy (non-hydrogen) atoms. The van der Waals surface area contributed by atoms with Gasteiger partial charge in [-0.1, -0.05) is 0 Å². The summed E-state index contributed by atoms with van der Waals surface area (Å²) in [5, 5.41) is 11.0. The minimum atomic E-state index is -0.581. The second-order valence-electron chi connectivity index (χ2n) is 5.61. The van der Waals surface area contributed by atoms with Crippen LogP contribution in [0.25, 0.3) is 0 Å². The molecular formula is C14H20N2O4S. The topological polar surface area (TPSA) is 72.7 Å². The number of benzene rings is 1. The normalized spacial score (nSPS) is 18.9. The summed E-state index contributed by atoms with van der Waals surface area (Å²) in [4.78, 5) is 24.4. The first-order valence-corrected chi connectivity index (χ1v) is 9.43. The molecule has 0 saturated carbocycles. The molecule has 1 fully saturated rings. The summed E-state index contributed by atoms with van der Waals surface area (Å²) in [6.45, 7) is 1.63. The van der Waals surface area contributed by atoms with E-state index in [2.05, 4.69) is 17.4 Å². The van der Waals surface area contributed by atoms with Gasteiger partial charge in [-0.2, -0.15) is 0 Å². The van der Waals surface area contributed by atoms with Crippen molar-refractivity contribution >= 4 is 27.4 Å². The van der Waals surface area contributed by atoms with Crippen LogP contribution in [0.4, 0.5) is 11.4 Å². The Hall–Kier alpha value is -1.76. The van der Waals surface area contributed by atoms with E-state index in [0.29, 0.717) is 11.3 Å². The molecule has 1 aliphatic rings. The van der Waals surface area contributed by atoms with E-state index in [-0.39, 0.29) is 5.69 Å². The maximum Gasteiger partial charge on any atom is 0.339 e. The van der Waals surface area contributed by atoms with Gasteiger partial charge >= 0.3 is 5.97 Å². The van der Waals surface area contributed by atoms with E-state index >= 15 is 0 Å². The van der Waals surface area contributed by atoms with E-state index in [0.717, 1.165) is 24.6 Å². The van der Waals surface area contributed by atoms with Gasteiger partial charge in [-0.15, -0.1) is 0 Å². The molecule has 1 aliphatic heterocycles. The zero-order valence-corrected chi connectivity index (χ0v) is 13.3. The highest BCUT2D eigenvalue weighted by Gasteiger charge is 2.26. The summed E-state index contributed by atoms with van der Waals surface area (Å²) in [6, 6.07) is 4.29. The molecule has 0 aliphatic carbocycles. The van der Waals surface area contributed by atoms with Crippen LogP contribution in [0.5, 0.6) is 0 Å². The number of hydrogen-bond donors (Lipinski definition) is 0. The summed E-state index contributed by atoms with van der Waals surface area (Å²) >= 11 is 0. The zero-order valence-electron chi connectivity index (χ0n) is 12.5. The molecule has 0 radical (unpaired) electrons. The van der Waals surface area contributed by atoms with Gasteiger partial charge in [0, 0.05) is 25.2 Å². The molecule has 0 atom stereocenters. The molecule has 6 nitrogen and oxygen atoms in total. The monoisotopic (exact) mass is 312 g/mol. The van der Waals surface area contributed by atoms with E-state index in [1.807, 2.05) is 0 Å². The molecule has 1 heterocycles. The summed E-state index contributed by atoms with van der Waals surface area (Å²) in [5.74, 6) is 1.67. The fraction of sp³-hybridized carbons (Fsp3) is 0.500. The Balaban J connectivity index is 2.37. The number of nitro benzene ring substituents is 1. The molecule has 2 rings (SSSR count). The molecule has 1 aromatic rings. The lowest BCUT2D eigenvalue weighted by Crippen LogP contribution is -2.38. The molecule has 0 amide bonds. The minimum Gasteiger partial charge on any atom is -0.465 e. The number of carbonyl (C=O) groups excluding carboxylic acids is 1. The van der Waals surface area contributed by atoms with Crippen LogP contribution in [0.3, 0.4) is 0 Å². The van der Waals surface area contributed by atoms with Crippen molar-refractivity contribution in [3.05, 3.63) is 33.9 Å². The Morgan fingerprint density at radius 3 is 2.48 bits per heavy atom. The van der Waals surface area contributed by atoms with E-state index in [1.54, 1.807) is 0 Å². The number of nitro groups is 1. The highest BCUT2D eigenvalue weighted by molar-refractivity contribution is 8.32. The number of methoxy groups -OCH3 is 1. The van der Waals surface area contributed by atoms with Crippen molar-refractivity contribution in [2.24, 2.45) is 0 Å². The van der Waals surface area contributed by atoms with Gasteiger partial charge in [0.1, 0.15) is 0 Å². The van der Waals surface area contributed by atoms with Crippen molar-refractivity contribution in [2.75, 3.05) is 49.1 Å². The van der Waals surface area contributed by atoms with Crippen molar-refractivity contribution in [3.8, 4) is 0 Å². The largest absolute Gasteiger partial charge is 0.465 e. The van der Waals surface area contributed by atoms with Crippen molar-refractivity contribution in [1.29, 1.82) is 0 Å². The quantitative estimate of drug-likeness (QED) is 0.486. The van der Waals surface area contributed by atoms with Gasteiger partial charge in [0.05, 0.1) is 23.3 Å². The number of non-ortho nitro benzene ring substituents is 1. The average molecular weight is 312 g/mol. The first-order valence-electron chi connectivity index (χ1n) is 6.64. The molecule has 0 bridgehead atoms. The number of esters is 1. The predicted molar refractivity (Wildman–Crippen MR) is 85.8 cm³/mol. The van der Waals surface area contributed by atoms with Crippen LogP contribution < -0.4 is 4.90 Å². The Bertz CT molecular complexity index is 564. The standard InChI is InChI=1S/C14H20N2O4S/c1-20-14(17)12-5-4-11(16(18)19)10-13(12)15-6-8-21(2,3)9-7-15/h4-5,10H,6-9H2,1-3H3. The van der Waals surface area contributed by atoms with Crippen LogP contribution in [-0.4, -0.2) is 55.1 Å². The van der Waals surface area contributed by atoms with Crippen LogP contribution in [0.2, 0.25) is 0 Å². The third-order valence-electron chi connectivity index (χ3n) is 3.77. The van der Waals surface area contributed by atoms with Gasteiger partial charge in [0.25, 0.3) is 5.69 Å². The smallest absolute Gasteiger partial charge is 0.339 e. The van der Waals surface area contributed by atoms with Gasteiger partial charge in [-0.3, -0.25) is 10.1 Å². The molecule has 116 valence electrons. The third kappa shape index (κ3) is 3.47. The van der Waals surface area contributed by atoms with E-state index < -0.39 is 20.9 Å². The lowest BCUT2D eigenvalue weighted by molar-refractivity contribution is -0.384. The highest BCUT2D eigenvalue weighted by Crippen LogP contribution is 2.43. The molecule has 0 N–H and O–H groups in total. The number of carbonyl (C=O) groups is 1. The average Bonchev–Trinajstić information content (AvgIpc) is 2.45. The maximum atomic E-state index is 11.9. The second kappa shape index (κ2) is 5.93. The number of hydrogen-bond acceptors (Lipinski definition) is 5. The van der Waals surface area contributed by atoms with Crippen LogP contribution >= 0.6 is 10.0 Å². The van der Waals surface area contributed by atoms with Crippen molar-refractivity contribution in [2.45, 2.75) is 0 Å². The zero-order chi connectivity index (χ0) is 15.6. The van der Waals surface area contributed by atoms with Gasteiger partial charge < -0.3 is 9.64 Å². The predicted octanol–water partition coefficient (Wildman–Crippen LogP) is 2.27.